The minimum atomic E-state index is -2.16. The number of aromatic nitrogens is 2. The molecule has 0 aliphatic heterocycles. The molecular formula is C26H21N2O2+. The third kappa shape index (κ3) is 2.28. The molecule has 0 atom stereocenters. The van der Waals surface area contributed by atoms with E-state index in [0.29, 0.717) is 11.3 Å². The van der Waals surface area contributed by atoms with Crippen molar-refractivity contribution in [3.8, 4) is 11.3 Å². The van der Waals surface area contributed by atoms with Crippen LogP contribution in [0.5, 0.6) is 0 Å². The van der Waals surface area contributed by atoms with E-state index in [1.54, 1.807) is 12.4 Å². The maximum Gasteiger partial charge on any atom is 0.227 e. The summed E-state index contributed by atoms with van der Waals surface area (Å²) in [5.74, 6) is 0. The molecule has 0 fully saturated rings. The fraction of sp³-hybridized carbons (Fsp3) is 0.154. The number of aryl methyl sites for hydroxylation is 4. The smallest absolute Gasteiger partial charge is 0.227 e. The van der Waals surface area contributed by atoms with Gasteiger partial charge < -0.3 is 8.83 Å². The van der Waals surface area contributed by atoms with Crippen molar-refractivity contribution in [1.29, 1.82) is 0 Å². The average Bonchev–Trinajstić information content (AvgIpc) is 3.30. The van der Waals surface area contributed by atoms with Crippen LogP contribution < -0.4 is 4.57 Å². The molecule has 0 unspecified atom stereocenters. The minimum Gasteiger partial charge on any atom is -0.455 e. The molecule has 6 aromatic rings. The first-order valence-corrected chi connectivity index (χ1v) is 9.86. The normalized spacial score (nSPS) is 13.9. The van der Waals surface area contributed by atoms with Gasteiger partial charge in [0.25, 0.3) is 0 Å². The van der Waals surface area contributed by atoms with Crippen molar-refractivity contribution < 1.29 is 17.5 Å². The average molecular weight is 396 g/mol. The van der Waals surface area contributed by atoms with Crippen LogP contribution in [0.4, 0.5) is 0 Å². The van der Waals surface area contributed by atoms with Crippen molar-refractivity contribution in [3.05, 3.63) is 71.5 Å². The van der Waals surface area contributed by atoms with E-state index >= 15 is 0 Å². The van der Waals surface area contributed by atoms with Crippen molar-refractivity contribution in [2.24, 2.45) is 7.05 Å². The summed E-state index contributed by atoms with van der Waals surface area (Å²) in [6.07, 6.45) is 3.42. The third-order valence-electron chi connectivity index (χ3n) is 5.95. The van der Waals surface area contributed by atoms with E-state index < -0.39 is 6.85 Å². The lowest BCUT2D eigenvalue weighted by Gasteiger charge is -2.07. The van der Waals surface area contributed by atoms with Gasteiger partial charge in [-0.1, -0.05) is 12.1 Å². The number of benzene rings is 2. The predicted molar refractivity (Wildman–Crippen MR) is 120 cm³/mol. The van der Waals surface area contributed by atoms with Crippen molar-refractivity contribution in [2.75, 3.05) is 0 Å². The van der Waals surface area contributed by atoms with Crippen LogP contribution >= 0.6 is 0 Å². The lowest BCUT2D eigenvalue weighted by atomic mass is 9.99. The monoisotopic (exact) mass is 396 g/mol. The SMILES string of the molecule is [2H]C([2H])([2H])c1c[n+](C)c(-c2c(C)ccc3c2oc2cc4c(cc23)oc2ncccc24)cc1C. The Balaban J connectivity index is 1.66. The van der Waals surface area contributed by atoms with Gasteiger partial charge in [-0.05, 0) is 56.1 Å². The first-order chi connectivity index (χ1) is 15.7. The summed E-state index contributed by atoms with van der Waals surface area (Å²) in [5, 5.41) is 3.87. The van der Waals surface area contributed by atoms with E-state index in [-0.39, 0.29) is 0 Å². The highest BCUT2D eigenvalue weighted by atomic mass is 16.3. The topological polar surface area (TPSA) is 43.0 Å². The van der Waals surface area contributed by atoms with E-state index in [9.17, 15) is 0 Å². The summed E-state index contributed by atoms with van der Waals surface area (Å²) in [6.45, 7) is 1.72. The zero-order valence-electron chi connectivity index (χ0n) is 19.9. The maximum atomic E-state index is 7.83. The number of hydrogen-bond acceptors (Lipinski definition) is 3. The number of pyridine rings is 2. The molecule has 0 N–H and O–H groups in total. The molecule has 146 valence electrons. The van der Waals surface area contributed by atoms with E-state index in [2.05, 4.69) is 17.1 Å². The molecule has 0 radical (unpaired) electrons. The van der Waals surface area contributed by atoms with Gasteiger partial charge >= 0.3 is 0 Å². The fourth-order valence-electron chi connectivity index (χ4n) is 4.36. The molecule has 4 aromatic heterocycles. The molecule has 0 bridgehead atoms. The van der Waals surface area contributed by atoms with Gasteiger partial charge in [-0.25, -0.2) is 9.55 Å². The Labute approximate surface area is 177 Å². The van der Waals surface area contributed by atoms with Crippen molar-refractivity contribution in [1.82, 2.24) is 4.98 Å². The van der Waals surface area contributed by atoms with Crippen LogP contribution in [0.25, 0.3) is 55.3 Å². The van der Waals surface area contributed by atoms with Crippen molar-refractivity contribution in [2.45, 2.75) is 20.7 Å². The molecule has 4 heteroatoms. The first kappa shape index (κ1) is 14.3. The largest absolute Gasteiger partial charge is 0.455 e. The highest BCUT2D eigenvalue weighted by Crippen LogP contribution is 2.40. The number of nitrogens with zero attached hydrogens (tertiary/aromatic N) is 2. The minimum absolute atomic E-state index is 0.351. The Kier molecular flexibility index (Phi) is 2.83. The highest BCUT2D eigenvalue weighted by Gasteiger charge is 2.22. The van der Waals surface area contributed by atoms with Crippen LogP contribution in [0.3, 0.4) is 0 Å². The van der Waals surface area contributed by atoms with Crippen LogP contribution in [-0.2, 0) is 7.05 Å². The van der Waals surface area contributed by atoms with E-state index in [1.165, 1.54) is 0 Å². The van der Waals surface area contributed by atoms with Crippen LogP contribution in [0.2, 0.25) is 0 Å². The second kappa shape index (κ2) is 5.92. The zero-order chi connectivity index (χ0) is 23.1. The molecule has 0 spiro atoms. The van der Waals surface area contributed by atoms with Crippen LogP contribution in [-0.4, -0.2) is 4.98 Å². The van der Waals surface area contributed by atoms with Gasteiger partial charge in [-0.2, -0.15) is 0 Å². The Hall–Kier alpha value is -3.66. The molecule has 0 amide bonds. The van der Waals surface area contributed by atoms with Crippen LogP contribution in [0.1, 0.15) is 20.8 Å². The standard InChI is InChI=1S/C26H21N2O2/c1-14-7-8-17-19-11-23-20(18-6-5-9-27-26(18)30-23)12-22(19)29-25(17)24(14)21-10-15(2)16(3)13-28(21)4/h5-13H,1-4H3/q+1/i3D3. The Morgan fingerprint density at radius 3 is 2.50 bits per heavy atom. The van der Waals surface area contributed by atoms with Crippen LogP contribution in [0.15, 0.2) is 63.7 Å². The van der Waals surface area contributed by atoms with Crippen molar-refractivity contribution >= 4 is 44.0 Å². The molecule has 0 saturated carbocycles. The molecule has 0 aliphatic carbocycles. The zero-order valence-corrected chi connectivity index (χ0v) is 16.9. The molecule has 6 rings (SSSR count). The van der Waals surface area contributed by atoms with Gasteiger partial charge in [-0.3, -0.25) is 0 Å². The summed E-state index contributed by atoms with van der Waals surface area (Å²) in [7, 11) is 1.87. The van der Waals surface area contributed by atoms with E-state index in [4.69, 9.17) is 12.9 Å². The highest BCUT2D eigenvalue weighted by molar-refractivity contribution is 6.16. The number of furan rings is 2. The van der Waals surface area contributed by atoms with Crippen molar-refractivity contribution in [3.63, 3.8) is 0 Å². The summed E-state index contributed by atoms with van der Waals surface area (Å²) < 4.78 is 37.8. The van der Waals surface area contributed by atoms with Gasteiger partial charge in [0.2, 0.25) is 11.4 Å². The molecule has 30 heavy (non-hydrogen) atoms. The third-order valence-corrected chi connectivity index (χ3v) is 5.95. The quantitative estimate of drug-likeness (QED) is 0.306. The van der Waals surface area contributed by atoms with Gasteiger partial charge in [0.1, 0.15) is 23.8 Å². The molecule has 2 aromatic carbocycles. The first-order valence-electron chi connectivity index (χ1n) is 11.4. The van der Waals surface area contributed by atoms with Gasteiger partial charge in [0, 0.05) is 43.5 Å². The number of rotatable bonds is 1. The molecule has 0 saturated heterocycles. The predicted octanol–water partition coefficient (Wildman–Crippen LogP) is 6.30. The Morgan fingerprint density at radius 2 is 1.67 bits per heavy atom. The Bertz CT molecular complexity index is 1740. The summed E-state index contributed by atoms with van der Waals surface area (Å²) in [6, 6.07) is 14.0. The summed E-state index contributed by atoms with van der Waals surface area (Å²) in [5.41, 5.74) is 6.91. The lowest BCUT2D eigenvalue weighted by Crippen LogP contribution is -2.31. The molecule has 4 nitrogen and oxygen atoms in total. The van der Waals surface area contributed by atoms with E-state index in [1.807, 2.05) is 55.8 Å². The molecule has 0 aliphatic rings. The second-order valence-corrected chi connectivity index (χ2v) is 7.91. The Morgan fingerprint density at radius 1 is 0.867 bits per heavy atom. The van der Waals surface area contributed by atoms with Crippen LogP contribution in [0, 0.1) is 20.7 Å². The van der Waals surface area contributed by atoms with Gasteiger partial charge in [0.15, 0.2) is 6.20 Å². The molecular weight excluding hydrogens is 372 g/mol. The van der Waals surface area contributed by atoms with Gasteiger partial charge in [0.05, 0.1) is 5.56 Å². The number of hydrogen-bond donors (Lipinski definition) is 0. The number of fused-ring (bicyclic) bond motifs is 6. The van der Waals surface area contributed by atoms with Gasteiger partial charge in [-0.15, -0.1) is 0 Å². The maximum absolute atomic E-state index is 7.83. The summed E-state index contributed by atoms with van der Waals surface area (Å²) >= 11 is 0. The fourth-order valence-corrected chi connectivity index (χ4v) is 4.36. The lowest BCUT2D eigenvalue weighted by molar-refractivity contribution is -0.660. The molecule has 4 heterocycles. The second-order valence-electron chi connectivity index (χ2n) is 7.91. The summed E-state index contributed by atoms with van der Waals surface area (Å²) in [4.78, 5) is 4.32. The van der Waals surface area contributed by atoms with E-state index in [0.717, 1.165) is 60.7 Å².